The fourth-order valence-corrected chi connectivity index (χ4v) is 2.13. The third-order valence-corrected chi connectivity index (χ3v) is 3.41. The van der Waals surface area contributed by atoms with Gasteiger partial charge in [-0.3, -0.25) is 4.79 Å². The van der Waals surface area contributed by atoms with Crippen molar-refractivity contribution in [2.75, 3.05) is 0 Å². The predicted molar refractivity (Wildman–Crippen MR) is 66.8 cm³/mol. The lowest BCUT2D eigenvalue weighted by Gasteiger charge is -1.95. The van der Waals surface area contributed by atoms with Gasteiger partial charge in [0.15, 0.2) is 6.29 Å². The highest BCUT2D eigenvalue weighted by atomic mass is 127. The van der Waals surface area contributed by atoms with E-state index in [0.717, 1.165) is 26.7 Å². The number of fused-ring (bicyclic) bond motifs is 1. The first-order valence-corrected chi connectivity index (χ1v) is 6.14. The molecule has 5 heteroatoms. The van der Waals surface area contributed by atoms with E-state index in [2.05, 4.69) is 48.5 Å². The summed E-state index contributed by atoms with van der Waals surface area (Å²) in [5.74, 6) is 0.838. The lowest BCUT2D eigenvalue weighted by Crippen LogP contribution is -1.87. The standard InChI is InChI=1S/C9H6BrIN2O/c10-3-8-12-7-2-1-6(11)5(4-14)9(7)13-8/h1-2,4H,3H2,(H,12,13). The van der Waals surface area contributed by atoms with Crippen LogP contribution in [0.25, 0.3) is 11.0 Å². The summed E-state index contributed by atoms with van der Waals surface area (Å²) in [6, 6.07) is 3.84. The summed E-state index contributed by atoms with van der Waals surface area (Å²) < 4.78 is 0.928. The lowest BCUT2D eigenvalue weighted by atomic mass is 10.2. The van der Waals surface area contributed by atoms with Crippen molar-refractivity contribution in [2.24, 2.45) is 0 Å². The Balaban J connectivity index is 2.79. The Morgan fingerprint density at radius 2 is 2.36 bits per heavy atom. The van der Waals surface area contributed by atoms with Crippen molar-refractivity contribution in [1.29, 1.82) is 0 Å². The number of nitrogens with zero attached hydrogens (tertiary/aromatic N) is 1. The van der Waals surface area contributed by atoms with Crippen LogP contribution < -0.4 is 0 Å². The number of aromatic amines is 1. The van der Waals surface area contributed by atoms with Gasteiger partial charge >= 0.3 is 0 Å². The van der Waals surface area contributed by atoms with E-state index in [1.807, 2.05) is 12.1 Å². The van der Waals surface area contributed by atoms with E-state index in [-0.39, 0.29) is 0 Å². The third-order valence-electron chi connectivity index (χ3n) is 1.93. The van der Waals surface area contributed by atoms with E-state index < -0.39 is 0 Å². The second kappa shape index (κ2) is 3.98. The maximum atomic E-state index is 10.9. The molecule has 0 saturated carbocycles. The van der Waals surface area contributed by atoms with E-state index >= 15 is 0 Å². The molecule has 3 nitrogen and oxygen atoms in total. The Bertz CT molecular complexity index is 495. The van der Waals surface area contributed by atoms with E-state index in [1.165, 1.54) is 0 Å². The molecule has 0 bridgehead atoms. The molecule has 0 saturated heterocycles. The minimum atomic E-state index is 0.659. The smallest absolute Gasteiger partial charge is 0.153 e. The van der Waals surface area contributed by atoms with Gasteiger partial charge in [0.1, 0.15) is 11.3 Å². The van der Waals surface area contributed by atoms with Gasteiger partial charge in [0, 0.05) is 3.57 Å². The fraction of sp³-hybridized carbons (Fsp3) is 0.111. The molecule has 1 N–H and O–H groups in total. The molecule has 2 aromatic rings. The molecule has 1 heterocycles. The van der Waals surface area contributed by atoms with Gasteiger partial charge in [0.05, 0.1) is 16.4 Å². The first-order chi connectivity index (χ1) is 6.76. The predicted octanol–water partition coefficient (Wildman–Crippen LogP) is 2.87. The Kier molecular flexibility index (Phi) is 2.87. The molecule has 1 aromatic carbocycles. The molecule has 0 unspecified atom stereocenters. The molecule has 0 aliphatic heterocycles. The third kappa shape index (κ3) is 1.58. The van der Waals surface area contributed by atoms with Gasteiger partial charge in [-0.25, -0.2) is 4.98 Å². The van der Waals surface area contributed by atoms with E-state index in [1.54, 1.807) is 0 Å². The van der Waals surface area contributed by atoms with E-state index in [0.29, 0.717) is 10.9 Å². The van der Waals surface area contributed by atoms with E-state index in [9.17, 15) is 4.79 Å². The molecule has 0 atom stereocenters. The molecule has 0 aliphatic carbocycles. The van der Waals surface area contributed by atoms with Crippen LogP contribution in [0.3, 0.4) is 0 Å². The summed E-state index contributed by atoms with van der Waals surface area (Å²) in [6.07, 6.45) is 0.850. The first-order valence-electron chi connectivity index (χ1n) is 3.94. The molecule has 2 rings (SSSR count). The monoisotopic (exact) mass is 364 g/mol. The number of nitrogens with one attached hydrogen (secondary N) is 1. The number of aromatic nitrogens is 2. The maximum Gasteiger partial charge on any atom is 0.153 e. The van der Waals surface area contributed by atoms with Gasteiger partial charge < -0.3 is 4.98 Å². The summed E-state index contributed by atoms with van der Waals surface area (Å²) >= 11 is 5.45. The van der Waals surface area contributed by atoms with Crippen LogP contribution >= 0.6 is 38.5 Å². The molecule has 0 spiro atoms. The summed E-state index contributed by atoms with van der Waals surface area (Å²) in [7, 11) is 0. The van der Waals surface area contributed by atoms with Crippen molar-refractivity contribution in [3.8, 4) is 0 Å². The van der Waals surface area contributed by atoms with Gasteiger partial charge in [-0.15, -0.1) is 0 Å². The second-order valence-electron chi connectivity index (χ2n) is 2.79. The molecule has 72 valence electrons. The van der Waals surface area contributed by atoms with Crippen molar-refractivity contribution in [1.82, 2.24) is 9.97 Å². The van der Waals surface area contributed by atoms with Crippen molar-refractivity contribution in [3.63, 3.8) is 0 Å². The zero-order valence-corrected chi connectivity index (χ0v) is 10.8. The number of H-pyrrole nitrogens is 1. The SMILES string of the molecule is O=Cc1c(I)ccc2[nH]c(CBr)nc12. The Morgan fingerprint density at radius 3 is 3.00 bits per heavy atom. The quantitative estimate of drug-likeness (QED) is 0.506. The molecule has 0 aliphatic rings. The highest BCUT2D eigenvalue weighted by Gasteiger charge is 2.09. The van der Waals surface area contributed by atoms with E-state index in [4.69, 9.17) is 0 Å². The molecule has 1 aromatic heterocycles. The lowest BCUT2D eigenvalue weighted by molar-refractivity contribution is 0.112. The van der Waals surface area contributed by atoms with Crippen LogP contribution in [0, 0.1) is 3.57 Å². The van der Waals surface area contributed by atoms with Crippen molar-refractivity contribution in [3.05, 3.63) is 27.1 Å². The minimum Gasteiger partial charge on any atom is -0.341 e. The number of halogens is 2. The topological polar surface area (TPSA) is 45.8 Å². The summed E-state index contributed by atoms with van der Waals surface area (Å²) in [5, 5.41) is 0.663. The summed E-state index contributed by atoms with van der Waals surface area (Å²) in [6.45, 7) is 0. The highest BCUT2D eigenvalue weighted by Crippen LogP contribution is 2.21. The Hall–Kier alpha value is -0.430. The van der Waals surface area contributed by atoms with Crippen LogP contribution in [-0.4, -0.2) is 16.3 Å². The first kappa shape index (κ1) is 10.1. The number of alkyl halides is 1. The average Bonchev–Trinajstić information content (AvgIpc) is 2.60. The number of hydrogen-bond donors (Lipinski definition) is 1. The molecule has 0 radical (unpaired) electrons. The number of hydrogen-bond acceptors (Lipinski definition) is 2. The van der Waals surface area contributed by atoms with Crippen LogP contribution in [0.1, 0.15) is 16.2 Å². The van der Waals surface area contributed by atoms with Crippen LogP contribution in [-0.2, 0) is 5.33 Å². The summed E-state index contributed by atoms with van der Waals surface area (Å²) in [5.41, 5.74) is 2.31. The van der Waals surface area contributed by atoms with Crippen LogP contribution in [0.5, 0.6) is 0 Å². The van der Waals surface area contributed by atoms with Gasteiger partial charge in [0.2, 0.25) is 0 Å². The van der Waals surface area contributed by atoms with Crippen molar-refractivity contribution < 1.29 is 4.79 Å². The van der Waals surface area contributed by atoms with Gasteiger partial charge in [-0.2, -0.15) is 0 Å². The summed E-state index contributed by atoms with van der Waals surface area (Å²) in [4.78, 5) is 18.3. The Labute approximate surface area is 103 Å². The molecule has 0 fully saturated rings. The number of carbonyl (C=O) groups is 1. The van der Waals surface area contributed by atoms with Crippen LogP contribution in [0.2, 0.25) is 0 Å². The zero-order valence-electron chi connectivity index (χ0n) is 7.05. The highest BCUT2D eigenvalue weighted by molar-refractivity contribution is 14.1. The van der Waals surface area contributed by atoms with Gasteiger partial charge in [0.25, 0.3) is 0 Å². The molecule has 14 heavy (non-hydrogen) atoms. The molecule has 0 amide bonds. The number of aldehydes is 1. The Morgan fingerprint density at radius 1 is 1.57 bits per heavy atom. The van der Waals surface area contributed by atoms with Crippen LogP contribution in [0.15, 0.2) is 12.1 Å². The number of benzene rings is 1. The molecular formula is C9H6BrIN2O. The van der Waals surface area contributed by atoms with Crippen molar-refractivity contribution >= 4 is 55.8 Å². The van der Waals surface area contributed by atoms with Crippen LogP contribution in [0.4, 0.5) is 0 Å². The average molecular weight is 365 g/mol. The number of carbonyl (C=O) groups excluding carboxylic acids is 1. The van der Waals surface area contributed by atoms with Crippen molar-refractivity contribution in [2.45, 2.75) is 5.33 Å². The largest absolute Gasteiger partial charge is 0.341 e. The zero-order chi connectivity index (χ0) is 10.1. The van der Waals surface area contributed by atoms with Gasteiger partial charge in [-0.1, -0.05) is 15.9 Å². The minimum absolute atomic E-state index is 0.659. The molecular weight excluding hydrogens is 359 g/mol. The second-order valence-corrected chi connectivity index (χ2v) is 4.52. The number of rotatable bonds is 2. The van der Waals surface area contributed by atoms with Gasteiger partial charge in [-0.05, 0) is 34.7 Å². The number of imidazole rings is 1. The maximum absolute atomic E-state index is 10.9. The fourth-order valence-electron chi connectivity index (χ4n) is 1.30. The normalized spacial score (nSPS) is 10.7.